The number of carbonyl (C=O) groups excluding carboxylic acids is 1. The van der Waals surface area contributed by atoms with Gasteiger partial charge in [0.05, 0.1) is 6.04 Å². The molecule has 2 aliphatic rings. The molecule has 0 aromatic carbocycles. The zero-order valence-corrected chi connectivity index (χ0v) is 13.7. The van der Waals surface area contributed by atoms with Crippen LogP contribution in [0.3, 0.4) is 0 Å². The van der Waals surface area contributed by atoms with Crippen molar-refractivity contribution < 1.29 is 9.53 Å². The van der Waals surface area contributed by atoms with Crippen LogP contribution in [0.4, 0.5) is 4.79 Å². The number of hydrogen-bond donors (Lipinski definition) is 1. The first-order valence-electron chi connectivity index (χ1n) is 6.87. The predicted molar refractivity (Wildman–Crippen MR) is 82.4 cm³/mol. The summed E-state index contributed by atoms with van der Waals surface area (Å²) >= 11 is 3.35. The van der Waals surface area contributed by atoms with Gasteiger partial charge in [0.2, 0.25) is 0 Å². The number of nitrogens with one attached hydrogen (secondary N) is 1. The van der Waals surface area contributed by atoms with E-state index in [1.54, 1.807) is 0 Å². The number of rotatable bonds is 1. The Bertz CT molecular complexity index is 442. The van der Waals surface area contributed by atoms with Crippen LogP contribution in [0, 0.1) is 0 Å². The van der Waals surface area contributed by atoms with Crippen molar-refractivity contribution in [1.29, 1.82) is 0 Å². The number of alkyl carbamates (subject to hydrolysis) is 1. The first kappa shape index (κ1) is 15.3. The number of nitrogens with zero attached hydrogens (tertiary/aromatic N) is 3. The third-order valence-electron chi connectivity index (χ3n) is 3.10. The molecule has 2 heterocycles. The molecule has 1 fully saturated rings. The Morgan fingerprint density at radius 3 is 2.75 bits per heavy atom. The molecule has 7 heteroatoms. The van der Waals surface area contributed by atoms with Crippen LogP contribution in [0.2, 0.25) is 0 Å². The van der Waals surface area contributed by atoms with Crippen LogP contribution in [-0.2, 0) is 4.74 Å². The Morgan fingerprint density at radius 1 is 1.40 bits per heavy atom. The van der Waals surface area contributed by atoms with Crippen LogP contribution >= 0.6 is 15.9 Å². The van der Waals surface area contributed by atoms with Crippen molar-refractivity contribution >= 4 is 32.5 Å². The van der Waals surface area contributed by atoms with E-state index in [1.165, 1.54) is 0 Å². The molecule has 1 atom stereocenters. The second-order valence-corrected chi connectivity index (χ2v) is 6.99. The Morgan fingerprint density at radius 2 is 2.15 bits per heavy atom. The number of likely N-dealkylation sites (tertiary alicyclic amines) is 1. The lowest BCUT2D eigenvalue weighted by Gasteiger charge is -2.23. The minimum absolute atomic E-state index is 0.113. The molecule has 0 unspecified atom stereocenters. The van der Waals surface area contributed by atoms with Crippen LogP contribution in [0.25, 0.3) is 0 Å². The normalized spacial score (nSPS) is 23.2. The number of halogens is 1. The first-order chi connectivity index (χ1) is 9.33. The van der Waals surface area contributed by atoms with E-state index in [1.807, 2.05) is 20.8 Å². The zero-order chi connectivity index (χ0) is 14.8. The number of amides is 1. The highest BCUT2D eigenvalue weighted by molar-refractivity contribution is 9.18. The minimum Gasteiger partial charge on any atom is -0.444 e. The summed E-state index contributed by atoms with van der Waals surface area (Å²) in [5.41, 5.74) is -0.461. The van der Waals surface area contributed by atoms with Gasteiger partial charge in [-0.25, -0.2) is 4.79 Å². The molecular formula is C13H21BrN4O2. The van der Waals surface area contributed by atoms with Crippen molar-refractivity contribution in [2.45, 2.75) is 51.7 Å². The summed E-state index contributed by atoms with van der Waals surface area (Å²) in [6, 6.07) is 0.113. The van der Waals surface area contributed by atoms with Gasteiger partial charge in [-0.1, -0.05) is 0 Å². The van der Waals surface area contributed by atoms with Crippen molar-refractivity contribution in [3.05, 3.63) is 0 Å². The van der Waals surface area contributed by atoms with Crippen molar-refractivity contribution in [1.82, 2.24) is 10.2 Å². The van der Waals surface area contributed by atoms with Gasteiger partial charge in [-0.3, -0.25) is 0 Å². The van der Waals surface area contributed by atoms with Crippen LogP contribution in [0.5, 0.6) is 0 Å². The van der Waals surface area contributed by atoms with Crippen molar-refractivity contribution in [3.8, 4) is 0 Å². The van der Waals surface area contributed by atoms with Gasteiger partial charge in [0.15, 0.2) is 0 Å². The maximum Gasteiger partial charge on any atom is 0.407 e. The number of amidine groups is 1. The summed E-state index contributed by atoms with van der Waals surface area (Å²) in [5, 5.41) is 11.2. The predicted octanol–water partition coefficient (Wildman–Crippen LogP) is 2.49. The molecule has 20 heavy (non-hydrogen) atoms. The maximum absolute atomic E-state index is 11.7. The Kier molecular flexibility index (Phi) is 4.67. The lowest BCUT2D eigenvalue weighted by atomic mass is 10.2. The van der Waals surface area contributed by atoms with Gasteiger partial charge in [0, 0.05) is 25.9 Å². The number of carbonyl (C=O) groups is 1. The standard InChI is InChI=1S/C13H21BrN4O2/c1-13(2,3)20-12(19)15-9-6-7-18(8-9)11-5-4-10(14)16-17-11/h9H,4-8H2,1-3H3,(H,15,19)/t9-/m1/s1. The van der Waals surface area contributed by atoms with Crippen molar-refractivity contribution in [2.75, 3.05) is 13.1 Å². The molecule has 0 spiro atoms. The summed E-state index contributed by atoms with van der Waals surface area (Å²) in [6.45, 7) is 7.25. The zero-order valence-electron chi connectivity index (χ0n) is 12.1. The number of ether oxygens (including phenoxy) is 1. The molecular weight excluding hydrogens is 324 g/mol. The molecule has 2 aliphatic heterocycles. The van der Waals surface area contributed by atoms with E-state index in [4.69, 9.17) is 4.74 Å². The second kappa shape index (κ2) is 6.11. The Balaban J connectivity index is 1.82. The highest BCUT2D eigenvalue weighted by Crippen LogP contribution is 2.17. The largest absolute Gasteiger partial charge is 0.444 e. The van der Waals surface area contributed by atoms with Crippen molar-refractivity contribution in [3.63, 3.8) is 0 Å². The monoisotopic (exact) mass is 344 g/mol. The SMILES string of the molecule is CC(C)(C)OC(=O)N[C@@H]1CCN(C2=NN=C(Br)CC2)C1. The molecule has 0 saturated carbocycles. The number of hydrogen-bond acceptors (Lipinski definition) is 5. The molecule has 6 nitrogen and oxygen atoms in total. The lowest BCUT2D eigenvalue weighted by Crippen LogP contribution is -2.41. The summed E-state index contributed by atoms with van der Waals surface area (Å²) in [6.07, 6.45) is 2.34. The van der Waals surface area contributed by atoms with Gasteiger partial charge in [0.1, 0.15) is 16.1 Å². The molecule has 112 valence electrons. The highest BCUT2D eigenvalue weighted by atomic mass is 79.9. The second-order valence-electron chi connectivity index (χ2n) is 6.07. The summed E-state index contributed by atoms with van der Waals surface area (Å²) in [5.74, 6) is 1.00. The fraction of sp³-hybridized carbons (Fsp3) is 0.769. The quantitative estimate of drug-likeness (QED) is 0.794. The first-order valence-corrected chi connectivity index (χ1v) is 7.66. The molecule has 1 amide bonds. The van der Waals surface area contributed by atoms with Crippen LogP contribution in [0.1, 0.15) is 40.0 Å². The van der Waals surface area contributed by atoms with Gasteiger partial charge < -0.3 is 15.0 Å². The molecule has 1 N–H and O–H groups in total. The Hall–Kier alpha value is -1.11. The van der Waals surface area contributed by atoms with Gasteiger partial charge >= 0.3 is 6.09 Å². The third-order valence-corrected chi connectivity index (χ3v) is 3.66. The van der Waals surface area contributed by atoms with E-state index < -0.39 is 5.60 Å². The maximum atomic E-state index is 11.7. The molecule has 2 rings (SSSR count). The molecule has 0 aromatic heterocycles. The van der Waals surface area contributed by atoms with Gasteiger partial charge in [0.25, 0.3) is 0 Å². The summed E-state index contributed by atoms with van der Waals surface area (Å²) in [7, 11) is 0. The fourth-order valence-corrected chi connectivity index (χ4v) is 2.51. The average molecular weight is 345 g/mol. The van der Waals surface area contributed by atoms with E-state index in [0.29, 0.717) is 0 Å². The van der Waals surface area contributed by atoms with E-state index >= 15 is 0 Å². The van der Waals surface area contributed by atoms with Crippen LogP contribution in [-0.4, -0.2) is 46.2 Å². The van der Waals surface area contributed by atoms with E-state index in [2.05, 4.69) is 36.3 Å². The molecule has 0 aliphatic carbocycles. The smallest absolute Gasteiger partial charge is 0.407 e. The summed E-state index contributed by atoms with van der Waals surface area (Å²) in [4.78, 5) is 13.9. The highest BCUT2D eigenvalue weighted by Gasteiger charge is 2.28. The fourth-order valence-electron chi connectivity index (χ4n) is 2.24. The minimum atomic E-state index is -0.461. The average Bonchev–Trinajstić information content (AvgIpc) is 2.75. The lowest BCUT2D eigenvalue weighted by molar-refractivity contribution is 0.0507. The van der Waals surface area contributed by atoms with Crippen LogP contribution in [0.15, 0.2) is 10.2 Å². The van der Waals surface area contributed by atoms with E-state index in [9.17, 15) is 4.79 Å². The third kappa shape index (κ3) is 4.47. The summed E-state index contributed by atoms with van der Waals surface area (Å²) < 4.78 is 6.16. The van der Waals surface area contributed by atoms with Gasteiger partial charge in [-0.05, 0) is 43.1 Å². The van der Waals surface area contributed by atoms with Gasteiger partial charge in [-0.2, -0.15) is 0 Å². The van der Waals surface area contributed by atoms with Crippen LogP contribution < -0.4 is 5.32 Å². The molecule has 0 bridgehead atoms. The Labute approximate surface area is 127 Å². The van der Waals surface area contributed by atoms with Gasteiger partial charge in [-0.15, -0.1) is 10.2 Å². The topological polar surface area (TPSA) is 66.3 Å². The molecule has 0 aromatic rings. The molecule has 1 saturated heterocycles. The van der Waals surface area contributed by atoms with Crippen molar-refractivity contribution in [2.24, 2.45) is 10.2 Å². The van der Waals surface area contributed by atoms with E-state index in [-0.39, 0.29) is 12.1 Å². The van der Waals surface area contributed by atoms with E-state index in [0.717, 1.165) is 42.8 Å². The molecule has 0 radical (unpaired) electrons.